The number of amides is 1. The predicted molar refractivity (Wildman–Crippen MR) is 112 cm³/mol. The topological polar surface area (TPSA) is 85.8 Å². The number of thioether (sulfide) groups is 1. The molecule has 0 aliphatic heterocycles. The van der Waals surface area contributed by atoms with E-state index in [9.17, 15) is 9.18 Å². The highest BCUT2D eigenvalue weighted by atomic mass is 32.2. The van der Waals surface area contributed by atoms with E-state index in [1.807, 2.05) is 17.6 Å². The van der Waals surface area contributed by atoms with E-state index in [1.165, 1.54) is 17.8 Å². The molecule has 3 rings (SSSR count). The van der Waals surface area contributed by atoms with E-state index in [4.69, 9.17) is 4.52 Å². The van der Waals surface area contributed by atoms with Crippen molar-refractivity contribution >= 4 is 17.7 Å². The van der Waals surface area contributed by atoms with Crippen molar-refractivity contribution in [1.82, 2.24) is 25.2 Å². The Balaban J connectivity index is 1.67. The molecule has 30 heavy (non-hydrogen) atoms. The van der Waals surface area contributed by atoms with Crippen LogP contribution in [0.25, 0.3) is 0 Å². The molecule has 2 aromatic heterocycles. The van der Waals surface area contributed by atoms with Crippen LogP contribution in [0.4, 0.5) is 4.39 Å². The van der Waals surface area contributed by atoms with E-state index in [0.29, 0.717) is 40.5 Å². The summed E-state index contributed by atoms with van der Waals surface area (Å²) in [7, 11) is 0. The first-order valence-electron chi connectivity index (χ1n) is 9.81. The standard InChI is InChI=1S/C21H26FN5O2S/c1-13(2)11-27-19(10-23-20(28)9-17-14(3)26-29-15(17)4)24-25-21(27)30-12-16-7-5-6-8-18(16)22/h5-8,13H,9-12H2,1-4H3,(H,23,28). The van der Waals surface area contributed by atoms with Gasteiger partial charge in [0.15, 0.2) is 11.0 Å². The third-order valence-electron chi connectivity index (χ3n) is 4.62. The summed E-state index contributed by atoms with van der Waals surface area (Å²) in [5, 5.41) is 16.0. The fraction of sp³-hybridized carbons (Fsp3) is 0.429. The quantitative estimate of drug-likeness (QED) is 0.518. The number of carbonyl (C=O) groups excluding carboxylic acids is 1. The molecule has 160 valence electrons. The van der Waals surface area contributed by atoms with Gasteiger partial charge in [-0.25, -0.2) is 4.39 Å². The Labute approximate surface area is 179 Å². The number of aryl methyl sites for hydroxylation is 2. The molecular weight excluding hydrogens is 405 g/mol. The van der Waals surface area contributed by atoms with E-state index in [1.54, 1.807) is 19.1 Å². The maximum Gasteiger partial charge on any atom is 0.225 e. The molecule has 0 unspecified atom stereocenters. The fourth-order valence-corrected chi connectivity index (χ4v) is 3.97. The van der Waals surface area contributed by atoms with E-state index in [-0.39, 0.29) is 24.7 Å². The molecule has 0 fully saturated rings. The zero-order chi connectivity index (χ0) is 21.7. The highest BCUT2D eigenvalue weighted by molar-refractivity contribution is 7.98. The number of carbonyl (C=O) groups is 1. The largest absolute Gasteiger partial charge is 0.361 e. The lowest BCUT2D eigenvalue weighted by atomic mass is 10.1. The van der Waals surface area contributed by atoms with Crippen molar-refractivity contribution in [2.75, 3.05) is 0 Å². The summed E-state index contributed by atoms with van der Waals surface area (Å²) in [4.78, 5) is 12.4. The Hall–Kier alpha value is -2.68. The second-order valence-electron chi connectivity index (χ2n) is 7.54. The Morgan fingerprint density at radius 2 is 2.03 bits per heavy atom. The number of halogens is 1. The first-order chi connectivity index (χ1) is 14.3. The average Bonchev–Trinajstić information content (AvgIpc) is 3.23. The molecule has 1 N–H and O–H groups in total. The van der Waals surface area contributed by atoms with Crippen LogP contribution in [-0.2, 0) is 30.1 Å². The lowest BCUT2D eigenvalue weighted by Gasteiger charge is -2.13. The van der Waals surface area contributed by atoms with Gasteiger partial charge in [0.1, 0.15) is 11.6 Å². The molecule has 1 amide bonds. The van der Waals surface area contributed by atoms with Crippen molar-refractivity contribution in [1.29, 1.82) is 0 Å². The van der Waals surface area contributed by atoms with Gasteiger partial charge < -0.3 is 14.4 Å². The summed E-state index contributed by atoms with van der Waals surface area (Å²) in [6.07, 6.45) is 0.203. The van der Waals surface area contributed by atoms with Crippen molar-refractivity contribution in [3.8, 4) is 0 Å². The van der Waals surface area contributed by atoms with E-state index in [2.05, 4.69) is 34.5 Å². The molecule has 0 spiro atoms. The Morgan fingerprint density at radius 3 is 2.70 bits per heavy atom. The smallest absolute Gasteiger partial charge is 0.225 e. The van der Waals surface area contributed by atoms with Crippen LogP contribution in [-0.4, -0.2) is 25.8 Å². The normalized spacial score (nSPS) is 11.3. The van der Waals surface area contributed by atoms with E-state index in [0.717, 1.165) is 11.3 Å². The van der Waals surface area contributed by atoms with Crippen molar-refractivity contribution in [3.05, 3.63) is 58.5 Å². The molecule has 9 heteroatoms. The van der Waals surface area contributed by atoms with Gasteiger partial charge in [-0.2, -0.15) is 0 Å². The van der Waals surface area contributed by atoms with Crippen LogP contribution >= 0.6 is 11.8 Å². The molecule has 0 bridgehead atoms. The number of hydrogen-bond acceptors (Lipinski definition) is 6. The van der Waals surface area contributed by atoms with Gasteiger partial charge in [-0.05, 0) is 31.4 Å². The van der Waals surface area contributed by atoms with Crippen LogP contribution < -0.4 is 5.32 Å². The van der Waals surface area contributed by atoms with Crippen LogP contribution in [0.5, 0.6) is 0 Å². The maximum absolute atomic E-state index is 13.9. The molecule has 3 aromatic rings. The molecule has 0 aliphatic rings. The molecule has 7 nitrogen and oxygen atoms in total. The minimum absolute atomic E-state index is 0.135. The van der Waals surface area contributed by atoms with Crippen molar-refractivity contribution < 1.29 is 13.7 Å². The van der Waals surface area contributed by atoms with Gasteiger partial charge in [-0.1, -0.05) is 49.0 Å². The average molecular weight is 432 g/mol. The van der Waals surface area contributed by atoms with Gasteiger partial charge in [0, 0.05) is 17.9 Å². The highest BCUT2D eigenvalue weighted by Gasteiger charge is 2.17. The van der Waals surface area contributed by atoms with Crippen LogP contribution in [0.2, 0.25) is 0 Å². The molecule has 0 aliphatic carbocycles. The van der Waals surface area contributed by atoms with Gasteiger partial charge >= 0.3 is 0 Å². The van der Waals surface area contributed by atoms with Crippen molar-refractivity contribution in [3.63, 3.8) is 0 Å². The summed E-state index contributed by atoms with van der Waals surface area (Å²) in [6.45, 7) is 8.79. The van der Waals surface area contributed by atoms with Gasteiger partial charge in [0.05, 0.1) is 18.7 Å². The van der Waals surface area contributed by atoms with Crippen molar-refractivity contribution in [2.45, 2.75) is 58.1 Å². The molecular formula is C21H26FN5O2S. The minimum Gasteiger partial charge on any atom is -0.361 e. The second kappa shape index (κ2) is 9.88. The number of nitrogens with one attached hydrogen (secondary N) is 1. The summed E-state index contributed by atoms with van der Waals surface area (Å²) < 4.78 is 21.0. The molecule has 0 saturated heterocycles. The summed E-state index contributed by atoms with van der Waals surface area (Å²) in [6, 6.07) is 6.71. The van der Waals surface area contributed by atoms with E-state index >= 15 is 0 Å². The van der Waals surface area contributed by atoms with Crippen molar-refractivity contribution in [2.24, 2.45) is 5.92 Å². The zero-order valence-corrected chi connectivity index (χ0v) is 18.4. The van der Waals surface area contributed by atoms with Crippen LogP contribution in [0.1, 0.15) is 42.3 Å². The molecule has 0 saturated carbocycles. The lowest BCUT2D eigenvalue weighted by Crippen LogP contribution is -2.27. The highest BCUT2D eigenvalue weighted by Crippen LogP contribution is 2.24. The summed E-state index contributed by atoms with van der Waals surface area (Å²) in [5.41, 5.74) is 2.14. The Kier molecular flexibility index (Phi) is 7.25. The number of hydrogen-bond donors (Lipinski definition) is 1. The number of aromatic nitrogens is 4. The first-order valence-corrected chi connectivity index (χ1v) is 10.8. The summed E-state index contributed by atoms with van der Waals surface area (Å²) in [5.74, 6) is 1.78. The van der Waals surface area contributed by atoms with Crippen LogP contribution in [0, 0.1) is 25.6 Å². The molecule has 2 heterocycles. The number of nitrogens with zero attached hydrogens (tertiary/aromatic N) is 4. The molecule has 0 radical (unpaired) electrons. The predicted octanol–water partition coefficient (Wildman–Crippen LogP) is 3.83. The van der Waals surface area contributed by atoms with Gasteiger partial charge in [-0.15, -0.1) is 10.2 Å². The third kappa shape index (κ3) is 5.47. The number of rotatable bonds is 9. The van der Waals surface area contributed by atoms with Gasteiger partial charge in [0.25, 0.3) is 0 Å². The van der Waals surface area contributed by atoms with Crippen LogP contribution in [0.3, 0.4) is 0 Å². The minimum atomic E-state index is -0.230. The Morgan fingerprint density at radius 1 is 1.27 bits per heavy atom. The number of benzene rings is 1. The first kappa shape index (κ1) is 22.0. The second-order valence-corrected chi connectivity index (χ2v) is 8.48. The Bertz CT molecular complexity index is 995. The van der Waals surface area contributed by atoms with Crippen LogP contribution in [0.15, 0.2) is 33.9 Å². The zero-order valence-electron chi connectivity index (χ0n) is 17.6. The molecule has 1 aromatic carbocycles. The SMILES string of the molecule is Cc1noc(C)c1CC(=O)NCc1nnc(SCc2ccccc2F)n1CC(C)C. The lowest BCUT2D eigenvalue weighted by molar-refractivity contribution is -0.120. The third-order valence-corrected chi connectivity index (χ3v) is 5.63. The van der Waals surface area contributed by atoms with Gasteiger partial charge in [0.2, 0.25) is 5.91 Å². The maximum atomic E-state index is 13.9. The monoisotopic (exact) mass is 431 g/mol. The van der Waals surface area contributed by atoms with E-state index < -0.39 is 0 Å². The summed E-state index contributed by atoms with van der Waals surface area (Å²) >= 11 is 1.44. The molecule has 0 atom stereocenters. The fourth-order valence-electron chi connectivity index (χ4n) is 3.02. The van der Waals surface area contributed by atoms with Gasteiger partial charge in [-0.3, -0.25) is 4.79 Å².